The van der Waals surface area contributed by atoms with E-state index in [0.29, 0.717) is 38.9 Å². The molecule has 0 spiro atoms. The van der Waals surface area contributed by atoms with Crippen molar-refractivity contribution in [2.75, 3.05) is 11.1 Å². The fourth-order valence-electron chi connectivity index (χ4n) is 3.82. The number of nitrogens with zero attached hydrogens (tertiary/aromatic N) is 1. The molecular formula is C27H23N3O3S. The molecule has 0 saturated heterocycles. The molecule has 2 N–H and O–H groups in total. The minimum atomic E-state index is -0.695. The van der Waals surface area contributed by atoms with Crippen molar-refractivity contribution in [2.45, 2.75) is 19.8 Å². The number of hydrogen-bond acceptors (Lipinski definition) is 6. The number of furan rings is 1. The average molecular weight is 470 g/mol. The number of nitrogens with one attached hydrogen (secondary N) is 2. The van der Waals surface area contributed by atoms with Gasteiger partial charge in [0.05, 0.1) is 40.2 Å². The Labute approximate surface area is 202 Å². The number of rotatable bonds is 7. The van der Waals surface area contributed by atoms with Crippen molar-refractivity contribution < 1.29 is 14.0 Å². The van der Waals surface area contributed by atoms with Crippen molar-refractivity contribution in [3.8, 4) is 6.07 Å². The van der Waals surface area contributed by atoms with Crippen LogP contribution in [-0.4, -0.2) is 17.4 Å². The third kappa shape index (κ3) is 4.82. The molecule has 1 atom stereocenters. The van der Waals surface area contributed by atoms with Crippen molar-refractivity contribution in [1.29, 1.82) is 5.26 Å². The van der Waals surface area contributed by atoms with E-state index in [0.717, 1.165) is 5.56 Å². The lowest BCUT2D eigenvalue weighted by molar-refractivity contribution is -0.113. The van der Waals surface area contributed by atoms with Gasteiger partial charge in [0.25, 0.3) is 5.91 Å². The van der Waals surface area contributed by atoms with E-state index in [1.807, 2.05) is 49.4 Å². The van der Waals surface area contributed by atoms with Crippen LogP contribution in [0.25, 0.3) is 0 Å². The van der Waals surface area contributed by atoms with E-state index in [1.54, 1.807) is 31.2 Å². The van der Waals surface area contributed by atoms with E-state index < -0.39 is 5.92 Å². The zero-order valence-electron chi connectivity index (χ0n) is 18.8. The number of ketones is 1. The molecule has 6 nitrogen and oxygen atoms in total. The first-order chi connectivity index (χ1) is 16.5. The SMILES string of the molecule is CC1=C(C(=O)Nc2ccccc2C)[C@H](c2ccco2)C(C#N)=C(SCC(=O)c2ccccc2)N1. The lowest BCUT2D eigenvalue weighted by Gasteiger charge is -2.28. The van der Waals surface area contributed by atoms with Crippen molar-refractivity contribution in [3.63, 3.8) is 0 Å². The maximum absolute atomic E-state index is 13.4. The Hall–Kier alpha value is -4.02. The number of dihydropyridines is 1. The van der Waals surface area contributed by atoms with Gasteiger partial charge in [0.1, 0.15) is 5.76 Å². The largest absolute Gasteiger partial charge is 0.468 e. The fourth-order valence-corrected chi connectivity index (χ4v) is 4.80. The summed E-state index contributed by atoms with van der Waals surface area (Å²) in [6.07, 6.45) is 1.52. The predicted octanol–water partition coefficient (Wildman–Crippen LogP) is 5.54. The molecule has 0 saturated carbocycles. The van der Waals surface area contributed by atoms with Crippen molar-refractivity contribution >= 4 is 29.1 Å². The highest BCUT2D eigenvalue weighted by Gasteiger charge is 2.36. The van der Waals surface area contributed by atoms with Crippen LogP contribution >= 0.6 is 11.8 Å². The Bertz CT molecular complexity index is 1320. The summed E-state index contributed by atoms with van der Waals surface area (Å²) in [5, 5.41) is 16.8. The van der Waals surface area contributed by atoms with Crippen LogP contribution in [0.2, 0.25) is 0 Å². The molecule has 170 valence electrons. The molecule has 0 bridgehead atoms. The zero-order valence-corrected chi connectivity index (χ0v) is 19.6. The average Bonchev–Trinajstić information content (AvgIpc) is 3.38. The highest BCUT2D eigenvalue weighted by Crippen LogP contribution is 2.41. The molecule has 7 heteroatoms. The van der Waals surface area contributed by atoms with Crippen LogP contribution in [-0.2, 0) is 4.79 Å². The van der Waals surface area contributed by atoms with Gasteiger partial charge in [-0.3, -0.25) is 9.59 Å². The summed E-state index contributed by atoms with van der Waals surface area (Å²) < 4.78 is 5.65. The lowest BCUT2D eigenvalue weighted by Crippen LogP contribution is -2.31. The standard InChI is InChI=1S/C27H23N3O3S/c1-17-9-6-7-12-21(17)30-26(32)24-18(2)29-27(20(15-28)25(24)23-13-8-14-33-23)34-16-22(31)19-10-4-3-5-11-19/h3-14,25,29H,16H2,1-2H3,(H,30,32)/t25-/m0/s1. The molecule has 0 fully saturated rings. The van der Waals surface area contributed by atoms with Gasteiger partial charge in [-0.05, 0) is 37.6 Å². The molecule has 1 aliphatic rings. The fraction of sp³-hybridized carbons (Fsp3) is 0.148. The number of thioether (sulfide) groups is 1. The number of amides is 1. The number of carbonyl (C=O) groups excluding carboxylic acids is 2. The molecular weight excluding hydrogens is 446 g/mol. The first-order valence-corrected chi connectivity index (χ1v) is 11.7. The highest BCUT2D eigenvalue weighted by atomic mass is 32.2. The first kappa shape index (κ1) is 23.1. The van der Waals surface area contributed by atoms with Gasteiger partial charge in [0.2, 0.25) is 0 Å². The Balaban J connectivity index is 1.65. The number of aryl methyl sites for hydroxylation is 1. The van der Waals surface area contributed by atoms with E-state index in [-0.39, 0.29) is 17.4 Å². The minimum Gasteiger partial charge on any atom is -0.468 e. The minimum absolute atomic E-state index is 0.0449. The van der Waals surface area contributed by atoms with Crippen LogP contribution in [0.1, 0.15) is 34.5 Å². The van der Waals surface area contributed by atoms with E-state index in [9.17, 15) is 14.9 Å². The topological polar surface area (TPSA) is 95.1 Å². The second-order valence-corrected chi connectivity index (χ2v) is 8.80. The predicted molar refractivity (Wildman–Crippen MR) is 133 cm³/mol. The van der Waals surface area contributed by atoms with Gasteiger partial charge in [0, 0.05) is 16.9 Å². The monoisotopic (exact) mass is 469 g/mol. The van der Waals surface area contributed by atoms with Gasteiger partial charge < -0.3 is 15.1 Å². The van der Waals surface area contributed by atoms with E-state index in [4.69, 9.17) is 4.42 Å². The second-order valence-electron chi connectivity index (χ2n) is 7.81. The number of nitriles is 1. The summed E-state index contributed by atoms with van der Waals surface area (Å²) in [5.74, 6) is -0.422. The number of benzene rings is 2. The number of hydrogen-bond donors (Lipinski definition) is 2. The second kappa shape index (κ2) is 10.3. The Kier molecular flexibility index (Phi) is 7.00. The summed E-state index contributed by atoms with van der Waals surface area (Å²) in [6.45, 7) is 3.70. The third-order valence-electron chi connectivity index (χ3n) is 5.56. The van der Waals surface area contributed by atoms with Gasteiger partial charge in [-0.25, -0.2) is 0 Å². The molecule has 3 aromatic rings. The highest BCUT2D eigenvalue weighted by molar-refractivity contribution is 8.03. The molecule has 1 amide bonds. The molecule has 2 heterocycles. The first-order valence-electron chi connectivity index (χ1n) is 10.7. The van der Waals surface area contributed by atoms with Crippen LogP contribution in [0.3, 0.4) is 0 Å². The smallest absolute Gasteiger partial charge is 0.254 e. The molecule has 0 unspecified atom stereocenters. The van der Waals surface area contributed by atoms with Crippen LogP contribution in [0, 0.1) is 18.3 Å². The summed E-state index contributed by atoms with van der Waals surface area (Å²) in [4.78, 5) is 26.0. The third-order valence-corrected chi connectivity index (χ3v) is 6.57. The Morgan fingerprint density at radius 2 is 1.79 bits per heavy atom. The van der Waals surface area contributed by atoms with Crippen LogP contribution in [0.5, 0.6) is 0 Å². The van der Waals surface area contributed by atoms with E-state index in [1.165, 1.54) is 18.0 Å². The summed E-state index contributed by atoms with van der Waals surface area (Å²) >= 11 is 1.25. The van der Waals surface area contributed by atoms with Crippen molar-refractivity contribution in [2.24, 2.45) is 0 Å². The van der Waals surface area contributed by atoms with Gasteiger partial charge in [0.15, 0.2) is 5.78 Å². The molecule has 0 radical (unpaired) electrons. The van der Waals surface area contributed by atoms with E-state index >= 15 is 0 Å². The van der Waals surface area contributed by atoms with Crippen molar-refractivity contribution in [1.82, 2.24) is 5.32 Å². The van der Waals surface area contributed by atoms with Crippen LogP contribution in [0.15, 0.2) is 99.3 Å². The molecule has 0 aliphatic carbocycles. The Morgan fingerprint density at radius 1 is 1.06 bits per heavy atom. The van der Waals surface area contributed by atoms with Gasteiger partial charge in [-0.2, -0.15) is 5.26 Å². The van der Waals surface area contributed by atoms with Gasteiger partial charge >= 0.3 is 0 Å². The number of carbonyl (C=O) groups is 2. The van der Waals surface area contributed by atoms with Crippen molar-refractivity contribution in [3.05, 3.63) is 112 Å². The maximum atomic E-state index is 13.4. The van der Waals surface area contributed by atoms with Crippen LogP contribution in [0.4, 0.5) is 5.69 Å². The normalized spacial score (nSPS) is 15.5. The molecule has 2 aromatic carbocycles. The van der Waals surface area contributed by atoms with Gasteiger partial charge in [-0.1, -0.05) is 60.3 Å². The summed E-state index contributed by atoms with van der Waals surface area (Å²) in [5.41, 5.74) is 3.57. The summed E-state index contributed by atoms with van der Waals surface area (Å²) in [7, 11) is 0. The molecule has 1 aliphatic heterocycles. The number of anilines is 1. The summed E-state index contributed by atoms with van der Waals surface area (Å²) in [6, 6.07) is 22.2. The maximum Gasteiger partial charge on any atom is 0.254 e. The van der Waals surface area contributed by atoms with Gasteiger partial charge in [-0.15, -0.1) is 0 Å². The lowest BCUT2D eigenvalue weighted by atomic mass is 9.85. The number of Topliss-reactive ketones (excluding diaryl/α,β-unsaturated/α-hetero) is 1. The van der Waals surface area contributed by atoms with Crippen LogP contribution < -0.4 is 10.6 Å². The zero-order chi connectivity index (χ0) is 24.1. The number of para-hydroxylation sites is 1. The Morgan fingerprint density at radius 3 is 2.47 bits per heavy atom. The molecule has 34 heavy (non-hydrogen) atoms. The quantitative estimate of drug-likeness (QED) is 0.441. The van der Waals surface area contributed by atoms with E-state index in [2.05, 4.69) is 16.7 Å². The molecule has 4 rings (SSSR count). The molecule has 1 aromatic heterocycles. The number of allylic oxidation sites excluding steroid dienone is 2.